The summed E-state index contributed by atoms with van der Waals surface area (Å²) < 4.78 is 5.27. The average Bonchev–Trinajstić information content (AvgIpc) is 2.15. The molecule has 14 heavy (non-hydrogen) atoms. The molecule has 4 heteroatoms. The Morgan fingerprint density at radius 2 is 2.14 bits per heavy atom. The topological polar surface area (TPSA) is 21.3 Å². The largest absolute Gasteiger partial charge is 0.496 e. The van der Waals surface area contributed by atoms with Gasteiger partial charge in [-0.05, 0) is 24.6 Å². The number of ether oxygens (including phenoxy) is 1. The molecule has 0 saturated heterocycles. The highest BCUT2D eigenvalue weighted by Gasteiger charge is 2.11. The van der Waals surface area contributed by atoms with E-state index in [1.165, 1.54) is 0 Å². The highest BCUT2D eigenvalue weighted by atomic mass is 35.5. The minimum atomic E-state index is 0.632. The van der Waals surface area contributed by atoms with Crippen LogP contribution in [0.5, 0.6) is 5.75 Å². The summed E-state index contributed by atoms with van der Waals surface area (Å²) in [6, 6.07) is 3.65. The minimum absolute atomic E-state index is 0.632. The van der Waals surface area contributed by atoms with Gasteiger partial charge in [0.2, 0.25) is 0 Å². The van der Waals surface area contributed by atoms with E-state index in [0.717, 1.165) is 16.9 Å². The Balaban J connectivity index is 3.32. The van der Waals surface area contributed by atoms with Crippen LogP contribution in [0.1, 0.15) is 11.1 Å². The zero-order chi connectivity index (χ0) is 10.7. The van der Waals surface area contributed by atoms with Crippen LogP contribution in [0.25, 0.3) is 0 Å². The van der Waals surface area contributed by atoms with Gasteiger partial charge in [-0.1, -0.05) is 23.8 Å². The first kappa shape index (κ1) is 11.3. The first-order valence-corrected chi connectivity index (χ1v) is 4.95. The fourth-order valence-corrected chi connectivity index (χ4v) is 1.73. The summed E-state index contributed by atoms with van der Waals surface area (Å²) in [5.74, 6) is 0.772. The van der Waals surface area contributed by atoms with Crippen LogP contribution in [0.15, 0.2) is 12.1 Å². The maximum Gasteiger partial charge on any atom is 0.132 e. The summed E-state index contributed by atoms with van der Waals surface area (Å²) >= 11 is 11.1. The molecule has 1 N–H and O–H groups in total. The lowest BCUT2D eigenvalue weighted by molar-refractivity contribution is 0.411. The van der Waals surface area contributed by atoms with Crippen molar-refractivity contribution in [3.63, 3.8) is 0 Å². The molecule has 1 aromatic rings. The van der Waals surface area contributed by atoms with E-state index in [9.17, 15) is 0 Å². The minimum Gasteiger partial charge on any atom is -0.496 e. The summed E-state index contributed by atoms with van der Waals surface area (Å²) in [6.07, 6.45) is 0. The Morgan fingerprint density at radius 3 is 2.64 bits per heavy atom. The van der Waals surface area contributed by atoms with E-state index < -0.39 is 0 Å². The van der Waals surface area contributed by atoms with Gasteiger partial charge in [-0.3, -0.25) is 0 Å². The zero-order valence-electron chi connectivity index (χ0n) is 8.35. The van der Waals surface area contributed by atoms with Gasteiger partial charge in [0.25, 0.3) is 0 Å². The van der Waals surface area contributed by atoms with Crippen molar-refractivity contribution in [1.29, 1.82) is 0 Å². The first-order chi connectivity index (χ1) is 6.60. The third-order valence-corrected chi connectivity index (χ3v) is 2.56. The Kier molecular flexibility index (Phi) is 3.72. The van der Waals surface area contributed by atoms with Crippen molar-refractivity contribution in [2.24, 2.45) is 0 Å². The quantitative estimate of drug-likeness (QED) is 0.788. The molecule has 0 aromatic heterocycles. The molecule has 0 unspecified atom stereocenters. The molecule has 76 valence electrons. The van der Waals surface area contributed by atoms with Crippen molar-refractivity contribution in [2.75, 3.05) is 14.2 Å². The summed E-state index contributed by atoms with van der Waals surface area (Å²) in [4.78, 5) is 0.632. The first-order valence-electron chi connectivity index (χ1n) is 4.16. The van der Waals surface area contributed by atoms with Crippen molar-refractivity contribution in [3.8, 4) is 5.75 Å². The summed E-state index contributed by atoms with van der Waals surface area (Å²) in [5, 5.41) is 3.57. The molecule has 0 spiro atoms. The van der Waals surface area contributed by atoms with Gasteiger partial charge in [0.05, 0.1) is 12.7 Å². The van der Waals surface area contributed by atoms with Gasteiger partial charge in [-0.15, -0.1) is 0 Å². The van der Waals surface area contributed by atoms with Crippen LogP contribution in [0, 0.1) is 6.92 Å². The number of halogens is 1. The Hall–Kier alpha value is -0.800. The predicted octanol–water partition coefficient (Wildman–Crippen LogP) is 2.55. The van der Waals surface area contributed by atoms with Gasteiger partial charge in [0.1, 0.15) is 10.7 Å². The molecule has 0 saturated carbocycles. The molecular formula is C10H12ClNOS. The number of hydrogen-bond donors (Lipinski definition) is 1. The van der Waals surface area contributed by atoms with Gasteiger partial charge in [0.15, 0.2) is 0 Å². The van der Waals surface area contributed by atoms with Crippen molar-refractivity contribution in [1.82, 2.24) is 5.32 Å². The van der Waals surface area contributed by atoms with E-state index in [1.54, 1.807) is 20.2 Å². The van der Waals surface area contributed by atoms with E-state index in [2.05, 4.69) is 5.32 Å². The van der Waals surface area contributed by atoms with E-state index in [0.29, 0.717) is 10.0 Å². The second kappa shape index (κ2) is 4.62. The fourth-order valence-electron chi connectivity index (χ4n) is 1.30. The van der Waals surface area contributed by atoms with Crippen LogP contribution < -0.4 is 10.1 Å². The third kappa shape index (κ3) is 2.16. The van der Waals surface area contributed by atoms with Crippen LogP contribution in [0.3, 0.4) is 0 Å². The van der Waals surface area contributed by atoms with Gasteiger partial charge in [0, 0.05) is 12.1 Å². The normalized spacial score (nSPS) is 9.71. The Bertz CT molecular complexity index is 365. The van der Waals surface area contributed by atoms with Gasteiger partial charge < -0.3 is 10.1 Å². The van der Waals surface area contributed by atoms with Crippen LogP contribution in [0.2, 0.25) is 5.02 Å². The van der Waals surface area contributed by atoms with Crippen LogP contribution >= 0.6 is 23.8 Å². The van der Waals surface area contributed by atoms with Crippen LogP contribution in [0.4, 0.5) is 0 Å². The number of rotatable bonds is 2. The molecule has 0 heterocycles. The van der Waals surface area contributed by atoms with E-state index >= 15 is 0 Å². The van der Waals surface area contributed by atoms with Crippen LogP contribution in [-0.4, -0.2) is 19.1 Å². The van der Waals surface area contributed by atoms with Gasteiger partial charge in [-0.2, -0.15) is 0 Å². The van der Waals surface area contributed by atoms with Crippen LogP contribution in [-0.2, 0) is 0 Å². The second-order valence-corrected chi connectivity index (χ2v) is 3.73. The zero-order valence-corrected chi connectivity index (χ0v) is 9.92. The Morgan fingerprint density at radius 1 is 1.50 bits per heavy atom. The molecule has 0 aliphatic heterocycles. The molecule has 0 atom stereocenters. The molecule has 0 aliphatic rings. The molecule has 0 radical (unpaired) electrons. The molecule has 0 fully saturated rings. The Labute approximate surface area is 94.2 Å². The number of methoxy groups -OCH3 is 1. The molecule has 0 bridgehead atoms. The summed E-state index contributed by atoms with van der Waals surface area (Å²) in [5.41, 5.74) is 1.81. The number of benzene rings is 1. The van der Waals surface area contributed by atoms with Crippen molar-refractivity contribution in [3.05, 3.63) is 28.3 Å². The molecule has 1 aromatic carbocycles. The maximum absolute atomic E-state index is 5.94. The highest BCUT2D eigenvalue weighted by Crippen LogP contribution is 2.27. The third-order valence-electron chi connectivity index (χ3n) is 1.92. The molecular weight excluding hydrogens is 218 g/mol. The number of nitrogens with one attached hydrogen (secondary N) is 1. The van der Waals surface area contributed by atoms with E-state index in [-0.39, 0.29) is 0 Å². The average molecular weight is 230 g/mol. The summed E-state index contributed by atoms with van der Waals surface area (Å²) in [7, 11) is 3.40. The number of hydrogen-bond acceptors (Lipinski definition) is 2. The predicted molar refractivity (Wildman–Crippen MR) is 63.5 cm³/mol. The number of aryl methyl sites for hydroxylation is 1. The highest BCUT2D eigenvalue weighted by molar-refractivity contribution is 7.80. The lowest BCUT2D eigenvalue weighted by Crippen LogP contribution is -2.17. The van der Waals surface area contributed by atoms with E-state index in [1.807, 2.05) is 13.0 Å². The molecule has 1 rings (SSSR count). The smallest absolute Gasteiger partial charge is 0.132 e. The molecule has 2 nitrogen and oxygen atoms in total. The SMILES string of the molecule is CNC(=S)c1cc(Cl)cc(C)c1OC. The standard InChI is InChI=1S/C10H12ClNOS/c1-6-4-7(11)5-8(9(6)13-3)10(14)12-2/h4-5H,1-3H3,(H,12,14). The lowest BCUT2D eigenvalue weighted by Gasteiger charge is -2.12. The van der Waals surface area contributed by atoms with Crippen molar-refractivity contribution in [2.45, 2.75) is 6.92 Å². The van der Waals surface area contributed by atoms with Crippen molar-refractivity contribution >= 4 is 28.8 Å². The maximum atomic E-state index is 5.94. The fraction of sp³-hybridized carbons (Fsp3) is 0.300. The number of thiocarbonyl (C=S) groups is 1. The van der Waals surface area contributed by atoms with E-state index in [4.69, 9.17) is 28.6 Å². The van der Waals surface area contributed by atoms with Crippen molar-refractivity contribution < 1.29 is 4.74 Å². The molecule has 0 amide bonds. The van der Waals surface area contributed by atoms with Gasteiger partial charge in [-0.25, -0.2) is 0 Å². The monoisotopic (exact) mass is 229 g/mol. The van der Waals surface area contributed by atoms with Gasteiger partial charge >= 0.3 is 0 Å². The second-order valence-electron chi connectivity index (χ2n) is 2.88. The summed E-state index contributed by atoms with van der Waals surface area (Å²) in [6.45, 7) is 1.94. The lowest BCUT2D eigenvalue weighted by atomic mass is 10.1. The molecule has 0 aliphatic carbocycles.